The highest BCUT2D eigenvalue weighted by atomic mass is 16.5. The van der Waals surface area contributed by atoms with Gasteiger partial charge in [-0.3, -0.25) is 4.79 Å². The lowest BCUT2D eigenvalue weighted by Crippen LogP contribution is -2.07. The summed E-state index contributed by atoms with van der Waals surface area (Å²) in [5, 5.41) is 11.4. The molecule has 31 heavy (non-hydrogen) atoms. The summed E-state index contributed by atoms with van der Waals surface area (Å²) in [5.74, 6) is 6.70. The number of benzene rings is 2. The Balaban J connectivity index is 1.65. The lowest BCUT2D eigenvalue weighted by molar-refractivity contribution is -0.111. The number of pyridine rings is 1. The average Bonchev–Trinajstić information content (AvgIpc) is 2.81. The van der Waals surface area contributed by atoms with Crippen LogP contribution >= 0.6 is 0 Å². The number of anilines is 1. The minimum absolute atomic E-state index is 0.0702. The van der Waals surface area contributed by atoms with Crippen LogP contribution in [0.1, 0.15) is 16.8 Å². The van der Waals surface area contributed by atoms with Gasteiger partial charge in [0.05, 0.1) is 7.11 Å². The first-order valence-electron chi connectivity index (χ1n) is 9.38. The van der Waals surface area contributed by atoms with Crippen molar-refractivity contribution in [1.29, 1.82) is 5.26 Å². The van der Waals surface area contributed by atoms with Gasteiger partial charge in [0.25, 0.3) is 0 Å². The molecule has 0 unspecified atom stereocenters. The highest BCUT2D eigenvalue weighted by Gasteiger charge is 2.05. The Bertz CT molecular complexity index is 1190. The zero-order valence-corrected chi connectivity index (χ0v) is 16.8. The van der Waals surface area contributed by atoms with Crippen LogP contribution in [0, 0.1) is 23.2 Å². The van der Waals surface area contributed by atoms with Crippen LogP contribution in [0.4, 0.5) is 5.69 Å². The van der Waals surface area contributed by atoms with E-state index in [1.807, 2.05) is 36.4 Å². The lowest BCUT2D eigenvalue weighted by atomic mass is 10.1. The van der Waals surface area contributed by atoms with Crippen molar-refractivity contribution in [3.05, 3.63) is 89.8 Å². The maximum Gasteiger partial charge on any atom is 0.248 e. The fourth-order valence-electron chi connectivity index (χ4n) is 2.62. The molecular formula is C25H19N3O3. The first-order valence-corrected chi connectivity index (χ1v) is 9.38. The molecule has 6 nitrogen and oxygen atoms in total. The van der Waals surface area contributed by atoms with Gasteiger partial charge in [-0.25, -0.2) is 4.98 Å². The Morgan fingerprint density at radius 2 is 2.00 bits per heavy atom. The molecule has 1 amide bonds. The topological polar surface area (TPSA) is 84.2 Å². The molecule has 0 spiro atoms. The van der Waals surface area contributed by atoms with Crippen molar-refractivity contribution in [2.24, 2.45) is 0 Å². The van der Waals surface area contributed by atoms with Gasteiger partial charge >= 0.3 is 0 Å². The highest BCUT2D eigenvalue weighted by molar-refractivity contribution is 6.02. The third-order valence-corrected chi connectivity index (χ3v) is 4.04. The predicted octanol–water partition coefficient (Wildman–Crippen LogP) is 4.04. The highest BCUT2D eigenvalue weighted by Crippen LogP contribution is 2.28. The first-order chi connectivity index (χ1) is 15.2. The Kier molecular flexibility index (Phi) is 7.41. The molecule has 1 N–H and O–H groups in total. The number of methoxy groups -OCH3 is 1. The minimum atomic E-state index is -0.279. The molecule has 0 aliphatic carbocycles. The molecule has 0 radical (unpaired) electrons. The largest absolute Gasteiger partial charge is 0.493 e. The maximum absolute atomic E-state index is 12.3. The van der Waals surface area contributed by atoms with Crippen LogP contribution in [0.3, 0.4) is 0 Å². The van der Waals surface area contributed by atoms with Crippen LogP contribution in [0.5, 0.6) is 11.5 Å². The third-order valence-electron chi connectivity index (χ3n) is 4.04. The van der Waals surface area contributed by atoms with E-state index in [-0.39, 0.29) is 12.5 Å². The van der Waals surface area contributed by atoms with Crippen molar-refractivity contribution >= 4 is 17.7 Å². The number of carbonyl (C=O) groups excluding carboxylic acids is 1. The Morgan fingerprint density at radius 1 is 1.10 bits per heavy atom. The van der Waals surface area contributed by atoms with Crippen molar-refractivity contribution in [3.8, 4) is 29.4 Å². The summed E-state index contributed by atoms with van der Waals surface area (Å²) in [4.78, 5) is 16.5. The number of carbonyl (C=O) groups is 1. The van der Waals surface area contributed by atoms with Gasteiger partial charge in [-0.15, -0.1) is 0 Å². The molecule has 0 aliphatic heterocycles. The second-order valence-electron chi connectivity index (χ2n) is 6.23. The van der Waals surface area contributed by atoms with Crippen LogP contribution in [0.2, 0.25) is 0 Å². The second kappa shape index (κ2) is 10.8. The third kappa shape index (κ3) is 6.49. The molecule has 0 saturated carbocycles. The standard InChI is InChI=1S/C25H19N3O3/c1-30-24-18-20(9-12-23(24)31-16-14-26)10-13-25(29)28-22-7-4-5-19(17-22)8-11-21-6-2-3-15-27-21/h2-7,9-10,12-13,15,17-18H,16H2,1H3,(H,28,29)/b13-10+. The number of nitrogens with zero attached hydrogens (tertiary/aromatic N) is 2. The van der Waals surface area contributed by atoms with Gasteiger partial charge in [-0.2, -0.15) is 5.26 Å². The van der Waals surface area contributed by atoms with E-state index in [9.17, 15) is 4.79 Å². The number of nitriles is 1. The van der Waals surface area contributed by atoms with Crippen molar-refractivity contribution in [2.45, 2.75) is 0 Å². The number of hydrogen-bond acceptors (Lipinski definition) is 5. The molecule has 1 aromatic heterocycles. The molecule has 0 saturated heterocycles. The summed E-state index contributed by atoms with van der Waals surface area (Å²) in [7, 11) is 1.51. The smallest absolute Gasteiger partial charge is 0.248 e. The average molecular weight is 409 g/mol. The van der Waals surface area contributed by atoms with E-state index in [0.717, 1.165) is 11.1 Å². The molecule has 152 valence electrons. The van der Waals surface area contributed by atoms with E-state index >= 15 is 0 Å². The molecule has 1 heterocycles. The van der Waals surface area contributed by atoms with Crippen molar-refractivity contribution < 1.29 is 14.3 Å². The SMILES string of the molecule is COc1cc(/C=C/C(=O)Nc2cccc(C#Cc3ccccn3)c2)ccc1OCC#N. The Morgan fingerprint density at radius 3 is 2.77 bits per heavy atom. The molecule has 2 aromatic carbocycles. The Labute approximate surface area is 180 Å². The van der Waals surface area contributed by atoms with E-state index in [0.29, 0.717) is 22.9 Å². The maximum atomic E-state index is 12.3. The molecule has 3 aromatic rings. The van der Waals surface area contributed by atoms with Crippen molar-refractivity contribution in [1.82, 2.24) is 4.98 Å². The van der Waals surface area contributed by atoms with Gasteiger partial charge in [0.15, 0.2) is 18.1 Å². The summed E-state index contributed by atoms with van der Waals surface area (Å²) in [6, 6.07) is 19.9. The van der Waals surface area contributed by atoms with Gasteiger partial charge in [-0.1, -0.05) is 24.1 Å². The van der Waals surface area contributed by atoms with Crippen LogP contribution in [-0.4, -0.2) is 24.6 Å². The van der Waals surface area contributed by atoms with E-state index in [1.165, 1.54) is 13.2 Å². The van der Waals surface area contributed by atoms with Crippen molar-refractivity contribution in [3.63, 3.8) is 0 Å². The van der Waals surface area contributed by atoms with Gasteiger partial charge < -0.3 is 14.8 Å². The van der Waals surface area contributed by atoms with Crippen LogP contribution in [-0.2, 0) is 4.79 Å². The van der Waals surface area contributed by atoms with Gasteiger partial charge in [0.2, 0.25) is 5.91 Å². The summed E-state index contributed by atoms with van der Waals surface area (Å²) in [6.07, 6.45) is 4.78. The van der Waals surface area contributed by atoms with Gasteiger partial charge in [0.1, 0.15) is 11.8 Å². The normalized spacial score (nSPS) is 9.94. The zero-order valence-electron chi connectivity index (χ0n) is 16.8. The fraction of sp³-hybridized carbons (Fsp3) is 0.0800. The first kappa shape index (κ1) is 21.2. The predicted molar refractivity (Wildman–Crippen MR) is 118 cm³/mol. The second-order valence-corrected chi connectivity index (χ2v) is 6.23. The monoisotopic (exact) mass is 409 g/mol. The molecule has 0 bridgehead atoms. The zero-order chi connectivity index (χ0) is 21.9. The van der Waals surface area contributed by atoms with Crippen LogP contribution in [0.15, 0.2) is 72.9 Å². The van der Waals surface area contributed by atoms with Crippen molar-refractivity contribution in [2.75, 3.05) is 19.0 Å². The fourth-order valence-corrected chi connectivity index (χ4v) is 2.62. The minimum Gasteiger partial charge on any atom is -0.493 e. The van der Waals surface area contributed by atoms with E-state index in [4.69, 9.17) is 14.7 Å². The molecule has 0 atom stereocenters. The number of amides is 1. The van der Waals surface area contributed by atoms with Gasteiger partial charge in [-0.05, 0) is 60.0 Å². The molecule has 0 aliphatic rings. The molecule has 0 fully saturated rings. The summed E-state index contributed by atoms with van der Waals surface area (Å²) < 4.78 is 10.6. The quantitative estimate of drug-likeness (QED) is 0.491. The number of nitrogens with one attached hydrogen (secondary N) is 1. The van der Waals surface area contributed by atoms with Gasteiger partial charge in [0, 0.05) is 23.5 Å². The molecule has 3 rings (SSSR count). The summed E-state index contributed by atoms with van der Waals surface area (Å²) in [6.45, 7) is -0.0702. The number of aromatic nitrogens is 1. The number of hydrogen-bond donors (Lipinski definition) is 1. The Hall–Kier alpha value is -4.55. The number of rotatable bonds is 6. The molecule has 6 heteroatoms. The van der Waals surface area contributed by atoms with E-state index < -0.39 is 0 Å². The summed E-state index contributed by atoms with van der Waals surface area (Å²) in [5.41, 5.74) is 2.84. The summed E-state index contributed by atoms with van der Waals surface area (Å²) >= 11 is 0. The molecular weight excluding hydrogens is 390 g/mol. The van der Waals surface area contributed by atoms with Crippen LogP contribution < -0.4 is 14.8 Å². The van der Waals surface area contributed by atoms with Crippen LogP contribution in [0.25, 0.3) is 6.08 Å². The number of ether oxygens (including phenoxy) is 2. The van der Waals surface area contributed by atoms with E-state index in [2.05, 4.69) is 22.1 Å². The lowest BCUT2D eigenvalue weighted by Gasteiger charge is -2.08. The van der Waals surface area contributed by atoms with E-state index in [1.54, 1.807) is 42.6 Å².